The highest BCUT2D eigenvalue weighted by Crippen LogP contribution is 2.19. The molecule has 0 aromatic rings. The number of rotatable bonds is 2. The lowest BCUT2D eigenvalue weighted by molar-refractivity contribution is -0.113. The number of alkyl halides is 1. The molecule has 0 fully saturated rings. The van der Waals surface area contributed by atoms with Crippen LogP contribution in [0.2, 0.25) is 0 Å². The van der Waals surface area contributed by atoms with Gasteiger partial charge in [0.2, 0.25) is 0 Å². The van der Waals surface area contributed by atoms with Gasteiger partial charge < -0.3 is 5.11 Å². The number of ketones is 1. The zero-order valence-corrected chi connectivity index (χ0v) is 7.91. The Kier molecular flexibility index (Phi) is 2.93. The Morgan fingerprint density at radius 3 is 2.77 bits per heavy atom. The summed E-state index contributed by atoms with van der Waals surface area (Å²) in [6.07, 6.45) is 0.602. The second kappa shape index (κ2) is 3.79. The topological polar surface area (TPSA) is 57.6 Å². The summed E-state index contributed by atoms with van der Waals surface area (Å²) in [6, 6.07) is -0.372. The minimum atomic E-state index is -1.01. The summed E-state index contributed by atoms with van der Waals surface area (Å²) in [5.74, 6) is -0.290. The second-order valence-corrected chi connectivity index (χ2v) is 3.09. The quantitative estimate of drug-likeness (QED) is 0.684. The van der Waals surface area contributed by atoms with Crippen LogP contribution in [0.3, 0.4) is 0 Å². The molecular formula is C8H10ClNO3. The van der Waals surface area contributed by atoms with Gasteiger partial charge in [-0.3, -0.25) is 9.69 Å². The highest BCUT2D eigenvalue weighted by atomic mass is 35.5. The van der Waals surface area contributed by atoms with Crippen LogP contribution in [-0.2, 0) is 4.79 Å². The van der Waals surface area contributed by atoms with Crippen molar-refractivity contribution in [1.82, 2.24) is 4.90 Å². The average molecular weight is 204 g/mol. The van der Waals surface area contributed by atoms with E-state index in [2.05, 4.69) is 0 Å². The number of hydrogen-bond acceptors (Lipinski definition) is 2. The normalized spacial score (nSPS) is 21.5. The van der Waals surface area contributed by atoms with E-state index in [9.17, 15) is 9.59 Å². The van der Waals surface area contributed by atoms with E-state index in [4.69, 9.17) is 16.7 Å². The maximum absolute atomic E-state index is 11.2. The second-order valence-electron chi connectivity index (χ2n) is 2.83. The van der Waals surface area contributed by atoms with Crippen LogP contribution in [0.5, 0.6) is 0 Å². The number of amides is 1. The van der Waals surface area contributed by atoms with Gasteiger partial charge >= 0.3 is 6.09 Å². The fourth-order valence-corrected chi connectivity index (χ4v) is 1.52. The summed E-state index contributed by atoms with van der Waals surface area (Å²) in [4.78, 5) is 23.0. The van der Waals surface area contributed by atoms with E-state index in [1.807, 2.05) is 0 Å². The number of carbonyl (C=O) groups excluding carboxylic acids is 1. The third kappa shape index (κ3) is 1.83. The van der Waals surface area contributed by atoms with Crippen LogP contribution >= 0.6 is 11.6 Å². The molecule has 1 atom stereocenters. The first-order chi connectivity index (χ1) is 6.07. The van der Waals surface area contributed by atoms with Crippen LogP contribution in [-0.4, -0.2) is 40.3 Å². The largest absolute Gasteiger partial charge is 0.465 e. The number of Topliss-reactive ketones (excluding diaryl/α,β-unsaturated/α-hetero) is 1. The minimum Gasteiger partial charge on any atom is -0.465 e. The van der Waals surface area contributed by atoms with Crippen molar-refractivity contribution in [2.75, 3.05) is 12.4 Å². The lowest BCUT2D eigenvalue weighted by atomic mass is 10.1. The van der Waals surface area contributed by atoms with E-state index in [0.717, 1.165) is 0 Å². The summed E-state index contributed by atoms with van der Waals surface area (Å²) in [6.45, 7) is 1.95. The molecule has 4 nitrogen and oxygen atoms in total. The molecule has 1 aliphatic rings. The van der Waals surface area contributed by atoms with E-state index < -0.39 is 6.09 Å². The Hall–Kier alpha value is -1.03. The molecule has 1 aliphatic heterocycles. The van der Waals surface area contributed by atoms with Crippen molar-refractivity contribution in [2.45, 2.75) is 13.0 Å². The fraction of sp³-hybridized carbons (Fsp3) is 0.500. The van der Waals surface area contributed by atoms with Crippen molar-refractivity contribution in [3.05, 3.63) is 11.6 Å². The molecule has 1 heterocycles. The van der Waals surface area contributed by atoms with Crippen LogP contribution < -0.4 is 0 Å². The van der Waals surface area contributed by atoms with Crippen molar-refractivity contribution in [3.8, 4) is 0 Å². The van der Waals surface area contributed by atoms with Gasteiger partial charge in [-0.15, -0.1) is 11.6 Å². The van der Waals surface area contributed by atoms with E-state index >= 15 is 0 Å². The molecule has 72 valence electrons. The first kappa shape index (κ1) is 10.1. The van der Waals surface area contributed by atoms with Crippen molar-refractivity contribution >= 4 is 23.5 Å². The Balaban J connectivity index is 2.73. The SMILES string of the molecule is C[C@@H]1C(C(=O)CCl)=CCN1C(=O)O. The van der Waals surface area contributed by atoms with Crippen molar-refractivity contribution < 1.29 is 14.7 Å². The van der Waals surface area contributed by atoms with E-state index in [-0.39, 0.29) is 24.2 Å². The molecule has 1 rings (SSSR count). The smallest absolute Gasteiger partial charge is 0.408 e. The Labute approximate surface area is 80.8 Å². The monoisotopic (exact) mass is 203 g/mol. The molecule has 0 saturated carbocycles. The van der Waals surface area contributed by atoms with Gasteiger partial charge in [0.1, 0.15) is 0 Å². The average Bonchev–Trinajstić information content (AvgIpc) is 2.46. The predicted molar refractivity (Wildman–Crippen MR) is 48.0 cm³/mol. The molecule has 13 heavy (non-hydrogen) atoms. The number of carboxylic acid groups (broad SMARTS) is 1. The molecule has 1 N–H and O–H groups in total. The summed E-state index contributed by atoms with van der Waals surface area (Å²) in [5.41, 5.74) is 0.498. The standard InChI is InChI=1S/C8H10ClNO3/c1-5-6(7(11)4-9)2-3-10(5)8(12)13/h2,5H,3-4H2,1H3,(H,12,13)/t5-/m1/s1. The van der Waals surface area contributed by atoms with E-state index in [1.165, 1.54) is 4.90 Å². The third-order valence-electron chi connectivity index (χ3n) is 2.11. The predicted octanol–water partition coefficient (Wildman–Crippen LogP) is 1.10. The third-order valence-corrected chi connectivity index (χ3v) is 2.36. The van der Waals surface area contributed by atoms with Gasteiger partial charge in [0, 0.05) is 12.1 Å². The van der Waals surface area contributed by atoms with Crippen LogP contribution in [0.1, 0.15) is 6.92 Å². The first-order valence-corrected chi connectivity index (χ1v) is 4.40. The Bertz CT molecular complexity index is 275. The first-order valence-electron chi connectivity index (χ1n) is 3.86. The zero-order chi connectivity index (χ0) is 10.0. The van der Waals surface area contributed by atoms with Crippen molar-refractivity contribution in [1.29, 1.82) is 0 Å². The molecule has 5 heteroatoms. The highest BCUT2D eigenvalue weighted by Gasteiger charge is 2.30. The molecule has 0 aromatic carbocycles. The number of halogens is 1. The van der Waals surface area contributed by atoms with Gasteiger partial charge in [-0.05, 0) is 6.92 Å². The molecule has 0 aromatic heterocycles. The van der Waals surface area contributed by atoms with Gasteiger partial charge in [0.05, 0.1) is 11.9 Å². The lowest BCUT2D eigenvalue weighted by Crippen LogP contribution is -2.35. The lowest BCUT2D eigenvalue weighted by Gasteiger charge is -2.19. The number of nitrogens with zero attached hydrogens (tertiary/aromatic N) is 1. The highest BCUT2D eigenvalue weighted by molar-refractivity contribution is 6.30. The molecule has 0 aliphatic carbocycles. The van der Waals surface area contributed by atoms with Crippen LogP contribution in [0.25, 0.3) is 0 Å². The summed E-state index contributed by atoms with van der Waals surface area (Å²) >= 11 is 5.37. The Morgan fingerprint density at radius 2 is 2.38 bits per heavy atom. The maximum Gasteiger partial charge on any atom is 0.408 e. The van der Waals surface area contributed by atoms with Gasteiger partial charge in [-0.1, -0.05) is 6.08 Å². The molecule has 0 bridgehead atoms. The summed E-state index contributed by atoms with van der Waals surface area (Å²) < 4.78 is 0. The van der Waals surface area contributed by atoms with Crippen molar-refractivity contribution in [3.63, 3.8) is 0 Å². The van der Waals surface area contributed by atoms with Crippen LogP contribution in [0, 0.1) is 0 Å². The summed E-state index contributed by atoms with van der Waals surface area (Å²) in [5, 5.41) is 8.70. The van der Waals surface area contributed by atoms with Gasteiger partial charge in [-0.25, -0.2) is 4.79 Å². The molecule has 0 unspecified atom stereocenters. The molecule has 1 amide bonds. The van der Waals surface area contributed by atoms with Gasteiger partial charge in [0.15, 0.2) is 5.78 Å². The van der Waals surface area contributed by atoms with Gasteiger partial charge in [0.25, 0.3) is 0 Å². The fourth-order valence-electron chi connectivity index (χ4n) is 1.36. The molecule has 0 spiro atoms. The van der Waals surface area contributed by atoms with E-state index in [1.54, 1.807) is 13.0 Å². The Morgan fingerprint density at radius 1 is 1.77 bits per heavy atom. The van der Waals surface area contributed by atoms with Crippen molar-refractivity contribution in [2.24, 2.45) is 0 Å². The summed E-state index contributed by atoms with van der Waals surface area (Å²) in [7, 11) is 0. The minimum absolute atomic E-state index is 0.0936. The van der Waals surface area contributed by atoms with Gasteiger partial charge in [-0.2, -0.15) is 0 Å². The maximum atomic E-state index is 11.2. The number of carbonyl (C=O) groups is 2. The molecular weight excluding hydrogens is 194 g/mol. The van der Waals surface area contributed by atoms with Crippen LogP contribution in [0.4, 0.5) is 4.79 Å². The van der Waals surface area contributed by atoms with E-state index in [0.29, 0.717) is 5.57 Å². The zero-order valence-electron chi connectivity index (χ0n) is 7.16. The molecule has 0 radical (unpaired) electrons. The molecule has 0 saturated heterocycles. The number of hydrogen-bond donors (Lipinski definition) is 1. The van der Waals surface area contributed by atoms with Crippen LogP contribution in [0.15, 0.2) is 11.6 Å².